The molecule has 1 amide bonds. The molecule has 0 spiro atoms. The topological polar surface area (TPSA) is 59.8 Å². The summed E-state index contributed by atoms with van der Waals surface area (Å²) in [4.78, 5) is 17.6. The van der Waals surface area contributed by atoms with Crippen molar-refractivity contribution in [1.29, 1.82) is 0 Å². The highest BCUT2D eigenvalue weighted by molar-refractivity contribution is 6.06. The molecule has 1 aromatic carbocycles. The van der Waals surface area contributed by atoms with Crippen molar-refractivity contribution >= 4 is 16.9 Å². The van der Waals surface area contributed by atoms with E-state index in [1.54, 1.807) is 24.7 Å². The lowest BCUT2D eigenvalue weighted by Crippen LogP contribution is -2.28. The Morgan fingerprint density at radius 1 is 1.19 bits per heavy atom. The molecule has 1 atom stereocenters. The molecule has 0 fully saturated rings. The van der Waals surface area contributed by atoms with Crippen LogP contribution in [0.25, 0.3) is 11.0 Å². The highest BCUT2D eigenvalue weighted by Crippen LogP contribution is 2.26. The van der Waals surface area contributed by atoms with Gasteiger partial charge in [-0.1, -0.05) is 19.9 Å². The minimum atomic E-state index is -0.692. The molecule has 3 aromatic rings. The molecular weight excluding hydrogens is 350 g/mol. The van der Waals surface area contributed by atoms with Gasteiger partial charge in [-0.3, -0.25) is 9.48 Å². The summed E-state index contributed by atoms with van der Waals surface area (Å²) in [6, 6.07) is 4.46. The smallest absolute Gasteiger partial charge is 0.252 e. The van der Waals surface area contributed by atoms with Crippen molar-refractivity contribution < 1.29 is 13.6 Å². The van der Waals surface area contributed by atoms with Gasteiger partial charge in [0.1, 0.15) is 11.6 Å². The fourth-order valence-electron chi connectivity index (χ4n) is 3.14. The van der Waals surface area contributed by atoms with Crippen LogP contribution in [0.15, 0.2) is 24.3 Å². The monoisotopic (exact) mass is 372 g/mol. The molecular formula is C20H22F2N4O. The van der Waals surface area contributed by atoms with Gasteiger partial charge in [-0.05, 0) is 31.9 Å². The van der Waals surface area contributed by atoms with E-state index >= 15 is 0 Å². The van der Waals surface area contributed by atoms with E-state index in [0.29, 0.717) is 22.3 Å². The lowest BCUT2D eigenvalue weighted by molar-refractivity contribution is 0.0941. The van der Waals surface area contributed by atoms with E-state index < -0.39 is 17.7 Å². The molecule has 1 N–H and O–H groups in total. The van der Waals surface area contributed by atoms with Crippen molar-refractivity contribution in [1.82, 2.24) is 20.1 Å². The van der Waals surface area contributed by atoms with Gasteiger partial charge in [0.25, 0.3) is 5.91 Å². The van der Waals surface area contributed by atoms with Crippen molar-refractivity contribution in [2.45, 2.75) is 39.7 Å². The maximum absolute atomic E-state index is 14.0. The number of amides is 1. The predicted octanol–water partition coefficient (Wildman–Crippen LogP) is 4.17. The number of fused-ring (bicyclic) bond motifs is 1. The number of nitrogens with one attached hydrogen (secondary N) is 1. The second-order valence-corrected chi connectivity index (χ2v) is 7.02. The highest BCUT2D eigenvalue weighted by Gasteiger charge is 2.22. The zero-order valence-corrected chi connectivity index (χ0v) is 16.0. The van der Waals surface area contributed by atoms with Gasteiger partial charge < -0.3 is 5.32 Å². The molecule has 0 aliphatic carbocycles. The number of aryl methyl sites for hydroxylation is 2. The summed E-state index contributed by atoms with van der Waals surface area (Å²) in [5.74, 6) is -1.57. The normalized spacial score (nSPS) is 12.6. The molecule has 2 heterocycles. The number of halogens is 2. The number of carbonyl (C=O) groups is 1. The van der Waals surface area contributed by atoms with Gasteiger partial charge in [-0.15, -0.1) is 0 Å². The highest BCUT2D eigenvalue weighted by atomic mass is 19.1. The lowest BCUT2D eigenvalue weighted by atomic mass is 10.0. The second-order valence-electron chi connectivity index (χ2n) is 7.02. The van der Waals surface area contributed by atoms with Crippen LogP contribution < -0.4 is 5.32 Å². The van der Waals surface area contributed by atoms with Crippen molar-refractivity contribution in [3.63, 3.8) is 0 Å². The van der Waals surface area contributed by atoms with E-state index in [0.717, 1.165) is 11.8 Å². The van der Waals surface area contributed by atoms with Crippen molar-refractivity contribution in [3.05, 3.63) is 58.4 Å². The quantitative estimate of drug-likeness (QED) is 0.748. The van der Waals surface area contributed by atoms with Gasteiger partial charge in [0.05, 0.1) is 22.7 Å². The van der Waals surface area contributed by atoms with E-state index in [2.05, 4.69) is 15.4 Å². The standard InChI is InChI=1S/C20H22F2N4O/c1-10(2)17-9-15(18-12(4)25-26(5)19(18)24-17)20(27)23-11(3)14-7-6-13(21)8-16(14)22/h6-11H,1-5H3,(H,23,27). The molecule has 0 saturated heterocycles. The Hall–Kier alpha value is -2.83. The van der Waals surface area contributed by atoms with E-state index in [9.17, 15) is 13.6 Å². The molecule has 0 saturated carbocycles. The molecule has 3 rings (SSSR count). The zero-order chi connectivity index (χ0) is 19.9. The average molecular weight is 372 g/mol. The van der Waals surface area contributed by atoms with Crippen LogP contribution >= 0.6 is 0 Å². The van der Waals surface area contributed by atoms with Gasteiger partial charge in [-0.25, -0.2) is 13.8 Å². The first-order chi connectivity index (χ1) is 12.7. The third-order valence-electron chi connectivity index (χ3n) is 4.60. The van der Waals surface area contributed by atoms with Gasteiger partial charge >= 0.3 is 0 Å². The Balaban J connectivity index is 2.02. The van der Waals surface area contributed by atoms with E-state index in [-0.39, 0.29) is 17.4 Å². The van der Waals surface area contributed by atoms with Crippen LogP contribution in [0.2, 0.25) is 0 Å². The van der Waals surface area contributed by atoms with E-state index in [1.165, 1.54) is 12.1 Å². The lowest BCUT2D eigenvalue weighted by Gasteiger charge is -2.16. The van der Waals surface area contributed by atoms with Gasteiger partial charge in [0.15, 0.2) is 5.65 Å². The van der Waals surface area contributed by atoms with Gasteiger partial charge in [-0.2, -0.15) is 5.10 Å². The first-order valence-electron chi connectivity index (χ1n) is 8.79. The van der Waals surface area contributed by atoms with Crippen LogP contribution in [0, 0.1) is 18.6 Å². The molecule has 1 unspecified atom stereocenters. The number of benzene rings is 1. The maximum atomic E-state index is 14.0. The number of hydrogen-bond donors (Lipinski definition) is 1. The van der Waals surface area contributed by atoms with Gasteiger partial charge in [0.2, 0.25) is 0 Å². The summed E-state index contributed by atoms with van der Waals surface area (Å²) in [5, 5.41) is 7.84. The average Bonchev–Trinajstić information content (AvgIpc) is 2.88. The Bertz CT molecular complexity index is 1030. The summed E-state index contributed by atoms with van der Waals surface area (Å²) in [6.45, 7) is 7.47. The number of carbonyl (C=O) groups excluding carboxylic acids is 1. The number of nitrogens with zero attached hydrogens (tertiary/aromatic N) is 3. The van der Waals surface area contributed by atoms with Crippen LogP contribution in [0.1, 0.15) is 60.0 Å². The molecule has 27 heavy (non-hydrogen) atoms. The Morgan fingerprint density at radius 3 is 2.52 bits per heavy atom. The van der Waals surface area contributed by atoms with Crippen molar-refractivity contribution in [3.8, 4) is 0 Å². The van der Waals surface area contributed by atoms with Crippen LogP contribution in [-0.2, 0) is 7.05 Å². The molecule has 142 valence electrons. The third kappa shape index (κ3) is 3.54. The molecule has 7 heteroatoms. The Morgan fingerprint density at radius 2 is 1.89 bits per heavy atom. The first kappa shape index (κ1) is 18.9. The predicted molar refractivity (Wildman–Crippen MR) is 99.6 cm³/mol. The fraction of sp³-hybridized carbons (Fsp3) is 0.350. The minimum absolute atomic E-state index is 0.128. The largest absolute Gasteiger partial charge is 0.345 e. The SMILES string of the molecule is Cc1nn(C)c2nc(C(C)C)cc(C(=O)NC(C)c3ccc(F)cc3F)c12. The summed E-state index contributed by atoms with van der Waals surface area (Å²) < 4.78 is 28.8. The molecule has 5 nitrogen and oxygen atoms in total. The van der Waals surface area contributed by atoms with Crippen molar-refractivity contribution in [2.24, 2.45) is 7.05 Å². The molecule has 0 radical (unpaired) electrons. The minimum Gasteiger partial charge on any atom is -0.345 e. The van der Waals surface area contributed by atoms with Crippen LogP contribution in [0.5, 0.6) is 0 Å². The Kier molecular flexibility index (Phi) is 4.95. The first-order valence-corrected chi connectivity index (χ1v) is 8.79. The summed E-state index contributed by atoms with van der Waals surface area (Å²) in [7, 11) is 1.78. The van der Waals surface area contributed by atoms with Crippen molar-refractivity contribution in [2.75, 3.05) is 0 Å². The Labute approximate surface area is 156 Å². The van der Waals surface area contributed by atoms with Crippen LogP contribution in [0.4, 0.5) is 8.78 Å². The van der Waals surface area contributed by atoms with Crippen LogP contribution in [-0.4, -0.2) is 20.7 Å². The summed E-state index contributed by atoms with van der Waals surface area (Å²) in [5.41, 5.74) is 2.77. The molecule has 2 aromatic heterocycles. The molecule has 0 bridgehead atoms. The molecule has 0 aliphatic heterocycles. The number of pyridine rings is 1. The van der Waals surface area contributed by atoms with E-state index in [1.807, 2.05) is 20.8 Å². The fourth-order valence-corrected chi connectivity index (χ4v) is 3.14. The third-order valence-corrected chi connectivity index (χ3v) is 4.60. The number of aromatic nitrogens is 3. The second kappa shape index (κ2) is 7.06. The number of hydrogen-bond acceptors (Lipinski definition) is 3. The number of rotatable bonds is 4. The summed E-state index contributed by atoms with van der Waals surface area (Å²) >= 11 is 0. The van der Waals surface area contributed by atoms with E-state index in [4.69, 9.17) is 0 Å². The van der Waals surface area contributed by atoms with Crippen LogP contribution in [0.3, 0.4) is 0 Å². The molecule has 0 aliphatic rings. The maximum Gasteiger partial charge on any atom is 0.252 e. The van der Waals surface area contributed by atoms with Gasteiger partial charge in [0, 0.05) is 24.4 Å². The zero-order valence-electron chi connectivity index (χ0n) is 16.0. The summed E-state index contributed by atoms with van der Waals surface area (Å²) in [6.07, 6.45) is 0.